The van der Waals surface area contributed by atoms with Crippen molar-refractivity contribution < 1.29 is 0 Å². The fourth-order valence-corrected chi connectivity index (χ4v) is 2.54. The lowest BCUT2D eigenvalue weighted by Crippen LogP contribution is -2.01. The molecule has 3 rings (SSSR count). The molecule has 5 heteroatoms. The summed E-state index contributed by atoms with van der Waals surface area (Å²) in [6.07, 6.45) is 0. The number of nitrogens with zero attached hydrogens (tertiary/aromatic N) is 2. The third-order valence-electron chi connectivity index (χ3n) is 2.60. The van der Waals surface area contributed by atoms with Crippen LogP contribution in [0, 0.1) is 0 Å². The highest BCUT2D eigenvalue weighted by atomic mass is 32.1. The van der Waals surface area contributed by atoms with Crippen molar-refractivity contribution in [2.75, 3.05) is 11.5 Å². The molecule has 0 saturated carbocycles. The summed E-state index contributed by atoms with van der Waals surface area (Å²) in [6.45, 7) is 0. The van der Waals surface area contributed by atoms with Crippen LogP contribution in [0.15, 0.2) is 35.0 Å². The van der Waals surface area contributed by atoms with Crippen LogP contribution in [0.4, 0.5) is 11.8 Å². The van der Waals surface area contributed by atoms with Gasteiger partial charge >= 0.3 is 0 Å². The Balaban J connectivity index is 2.40. The van der Waals surface area contributed by atoms with Crippen LogP contribution >= 0.6 is 11.3 Å². The quantitative estimate of drug-likeness (QED) is 0.687. The molecule has 2 heterocycles. The summed E-state index contributed by atoms with van der Waals surface area (Å²) in [5, 5.41) is 4.97. The summed E-state index contributed by atoms with van der Waals surface area (Å²) in [5.74, 6) is 0.631. The lowest BCUT2D eigenvalue weighted by atomic mass is 10.0. The number of fused-ring (bicyclic) bond motifs is 1. The van der Waals surface area contributed by atoms with E-state index in [4.69, 9.17) is 11.5 Å². The fraction of sp³-hybridized carbons (Fsp3) is 0. The van der Waals surface area contributed by atoms with Crippen molar-refractivity contribution in [2.45, 2.75) is 0 Å². The molecule has 0 radical (unpaired) electrons. The number of rotatable bonds is 1. The molecule has 4 nitrogen and oxygen atoms in total. The number of nitrogens with two attached hydrogens (primary N) is 2. The van der Waals surface area contributed by atoms with Gasteiger partial charge in [-0.1, -0.05) is 12.1 Å². The number of anilines is 2. The summed E-state index contributed by atoms with van der Waals surface area (Å²) in [7, 11) is 0. The molecule has 1 aromatic carbocycles. The van der Waals surface area contributed by atoms with Gasteiger partial charge in [-0.2, -0.15) is 16.3 Å². The second-order valence-corrected chi connectivity index (χ2v) is 4.46. The van der Waals surface area contributed by atoms with Crippen molar-refractivity contribution in [3.8, 4) is 11.1 Å². The molecular formula is C12H10N4S. The standard InChI is InChI=1S/C12H10N4S/c13-11-10-8(7-4-5-17-6-7)2-1-3-9(10)15-12(14)16-11/h1-6H,(H4,13,14,15,16). The largest absolute Gasteiger partial charge is 0.383 e. The van der Waals surface area contributed by atoms with E-state index in [2.05, 4.69) is 21.4 Å². The van der Waals surface area contributed by atoms with Gasteiger partial charge in [-0.15, -0.1) is 0 Å². The zero-order valence-electron chi connectivity index (χ0n) is 8.92. The first kappa shape index (κ1) is 10.0. The zero-order chi connectivity index (χ0) is 11.8. The fourth-order valence-electron chi connectivity index (χ4n) is 1.89. The van der Waals surface area contributed by atoms with Gasteiger partial charge in [0.05, 0.1) is 10.9 Å². The van der Waals surface area contributed by atoms with Crippen molar-refractivity contribution in [1.29, 1.82) is 0 Å². The van der Waals surface area contributed by atoms with E-state index >= 15 is 0 Å². The van der Waals surface area contributed by atoms with E-state index in [9.17, 15) is 0 Å². The summed E-state index contributed by atoms with van der Waals surface area (Å²) in [6, 6.07) is 7.90. The van der Waals surface area contributed by atoms with Crippen LogP contribution in [-0.4, -0.2) is 9.97 Å². The SMILES string of the molecule is Nc1nc(N)c2c(-c3ccsc3)cccc2n1. The first-order valence-electron chi connectivity index (χ1n) is 5.10. The number of thiophene rings is 1. The third-order valence-corrected chi connectivity index (χ3v) is 3.28. The highest BCUT2D eigenvalue weighted by Gasteiger charge is 2.09. The molecule has 0 fully saturated rings. The minimum Gasteiger partial charge on any atom is -0.383 e. The van der Waals surface area contributed by atoms with E-state index in [1.165, 1.54) is 0 Å². The molecular weight excluding hydrogens is 232 g/mol. The van der Waals surface area contributed by atoms with Gasteiger partial charge in [-0.05, 0) is 34.0 Å². The zero-order valence-corrected chi connectivity index (χ0v) is 9.74. The van der Waals surface area contributed by atoms with Crippen LogP contribution in [0.3, 0.4) is 0 Å². The number of hydrogen-bond acceptors (Lipinski definition) is 5. The molecule has 3 aromatic rings. The van der Waals surface area contributed by atoms with Crippen LogP contribution in [0.1, 0.15) is 0 Å². The molecule has 0 aliphatic rings. The maximum atomic E-state index is 5.94. The van der Waals surface area contributed by atoms with Gasteiger partial charge in [0.15, 0.2) is 0 Å². The molecule has 0 amide bonds. The molecule has 0 bridgehead atoms. The third kappa shape index (κ3) is 1.60. The Morgan fingerprint density at radius 1 is 1.06 bits per heavy atom. The van der Waals surface area contributed by atoms with Gasteiger partial charge in [-0.25, -0.2) is 4.98 Å². The normalized spacial score (nSPS) is 10.8. The predicted molar refractivity (Wildman–Crippen MR) is 71.7 cm³/mol. The van der Waals surface area contributed by atoms with E-state index < -0.39 is 0 Å². The first-order chi connectivity index (χ1) is 8.25. The van der Waals surface area contributed by atoms with Crippen molar-refractivity contribution in [3.63, 3.8) is 0 Å². The van der Waals surface area contributed by atoms with Crippen LogP contribution in [-0.2, 0) is 0 Å². The Labute approximate surface area is 102 Å². The predicted octanol–water partition coefficient (Wildman–Crippen LogP) is 2.52. The average molecular weight is 242 g/mol. The van der Waals surface area contributed by atoms with Crippen LogP contribution in [0.25, 0.3) is 22.0 Å². The van der Waals surface area contributed by atoms with E-state index in [0.717, 1.165) is 22.0 Å². The molecule has 0 atom stereocenters. The smallest absolute Gasteiger partial charge is 0.222 e. The Morgan fingerprint density at radius 2 is 1.94 bits per heavy atom. The Bertz CT molecular complexity index is 676. The van der Waals surface area contributed by atoms with E-state index in [1.807, 2.05) is 23.6 Å². The molecule has 0 aliphatic heterocycles. The van der Waals surface area contributed by atoms with Gasteiger partial charge in [0.25, 0.3) is 0 Å². The number of aromatic nitrogens is 2. The van der Waals surface area contributed by atoms with E-state index in [1.54, 1.807) is 11.3 Å². The Kier molecular flexibility index (Phi) is 2.19. The van der Waals surface area contributed by atoms with Crippen molar-refractivity contribution in [3.05, 3.63) is 35.0 Å². The highest BCUT2D eigenvalue weighted by molar-refractivity contribution is 7.08. The first-order valence-corrected chi connectivity index (χ1v) is 6.04. The second-order valence-electron chi connectivity index (χ2n) is 3.68. The lowest BCUT2D eigenvalue weighted by molar-refractivity contribution is 1.25. The lowest BCUT2D eigenvalue weighted by Gasteiger charge is -2.07. The maximum Gasteiger partial charge on any atom is 0.222 e. The van der Waals surface area contributed by atoms with Gasteiger partial charge in [0.2, 0.25) is 5.95 Å². The topological polar surface area (TPSA) is 77.8 Å². The highest BCUT2D eigenvalue weighted by Crippen LogP contribution is 2.32. The number of hydrogen-bond donors (Lipinski definition) is 2. The van der Waals surface area contributed by atoms with Crippen LogP contribution in [0.5, 0.6) is 0 Å². The summed E-state index contributed by atoms with van der Waals surface area (Å²) < 4.78 is 0. The monoisotopic (exact) mass is 242 g/mol. The molecule has 17 heavy (non-hydrogen) atoms. The molecule has 84 valence electrons. The Morgan fingerprint density at radius 3 is 2.71 bits per heavy atom. The second kappa shape index (κ2) is 3.71. The van der Waals surface area contributed by atoms with Crippen molar-refractivity contribution in [1.82, 2.24) is 9.97 Å². The summed E-state index contributed by atoms with van der Waals surface area (Å²) >= 11 is 1.65. The van der Waals surface area contributed by atoms with Gasteiger partial charge < -0.3 is 11.5 Å². The average Bonchev–Trinajstić information content (AvgIpc) is 2.80. The minimum atomic E-state index is 0.206. The molecule has 2 aromatic heterocycles. The Hall–Kier alpha value is -2.14. The van der Waals surface area contributed by atoms with Gasteiger partial charge in [0.1, 0.15) is 5.82 Å². The van der Waals surface area contributed by atoms with Gasteiger partial charge in [0, 0.05) is 0 Å². The maximum absolute atomic E-state index is 5.94. The van der Waals surface area contributed by atoms with Gasteiger partial charge in [-0.3, -0.25) is 0 Å². The molecule has 0 saturated heterocycles. The van der Waals surface area contributed by atoms with Crippen LogP contribution in [0.2, 0.25) is 0 Å². The summed E-state index contributed by atoms with van der Waals surface area (Å²) in [5.41, 5.74) is 14.5. The van der Waals surface area contributed by atoms with Crippen molar-refractivity contribution >= 4 is 34.0 Å². The summed E-state index contributed by atoms with van der Waals surface area (Å²) in [4.78, 5) is 8.22. The minimum absolute atomic E-state index is 0.206. The molecule has 0 spiro atoms. The molecule has 4 N–H and O–H groups in total. The van der Waals surface area contributed by atoms with Crippen LogP contribution < -0.4 is 11.5 Å². The van der Waals surface area contributed by atoms with E-state index in [-0.39, 0.29) is 5.95 Å². The number of benzene rings is 1. The van der Waals surface area contributed by atoms with Crippen molar-refractivity contribution in [2.24, 2.45) is 0 Å². The van der Waals surface area contributed by atoms with E-state index in [0.29, 0.717) is 5.82 Å². The molecule has 0 aliphatic carbocycles. The number of nitrogen functional groups attached to an aromatic ring is 2. The molecule has 0 unspecified atom stereocenters.